The number of hydrogen-bond donors (Lipinski definition) is 3. The van der Waals surface area contributed by atoms with E-state index in [1.807, 2.05) is 32.0 Å². The molecule has 2 aromatic heterocycles. The van der Waals surface area contributed by atoms with Crippen LogP contribution in [0.4, 0.5) is 0 Å². The van der Waals surface area contributed by atoms with Gasteiger partial charge < -0.3 is 20.3 Å². The lowest BCUT2D eigenvalue weighted by Gasteiger charge is -2.17. The van der Waals surface area contributed by atoms with E-state index < -0.39 is 6.10 Å². The molecule has 0 aliphatic rings. The molecule has 0 spiro atoms. The molecule has 1 aromatic carbocycles. The molecule has 2 atom stereocenters. The molecule has 2 unspecified atom stereocenters. The van der Waals surface area contributed by atoms with Crippen LogP contribution in [0.5, 0.6) is 0 Å². The molecule has 0 saturated heterocycles. The molecule has 3 aromatic rings. The quantitative estimate of drug-likeness (QED) is 0.262. The maximum atomic E-state index is 10.5. The van der Waals surface area contributed by atoms with Crippen molar-refractivity contribution < 1.29 is 9.63 Å². The zero-order valence-corrected chi connectivity index (χ0v) is 19.7. The number of nitrogens with one attached hydrogen (secondary N) is 2. The average Bonchev–Trinajstić information content (AvgIpc) is 3.24. The largest absolute Gasteiger partial charge is 0.386 e. The predicted molar refractivity (Wildman–Crippen MR) is 126 cm³/mol. The van der Waals surface area contributed by atoms with Crippen LogP contribution in [0.1, 0.15) is 40.8 Å². The second kappa shape index (κ2) is 10.2. The molecule has 8 heteroatoms. The highest BCUT2D eigenvalue weighted by Gasteiger charge is 2.17. The Balaban J connectivity index is 0.00000280. The summed E-state index contributed by atoms with van der Waals surface area (Å²) >= 11 is 1.62. The van der Waals surface area contributed by atoms with E-state index in [0.717, 1.165) is 27.3 Å². The number of hydrogen-bond acceptors (Lipinski definition) is 5. The molecule has 3 rings (SSSR count). The van der Waals surface area contributed by atoms with Crippen molar-refractivity contribution in [2.24, 2.45) is 4.99 Å². The fraction of sp³-hybridized carbons (Fsp3) is 0.400. The number of rotatable bonds is 6. The van der Waals surface area contributed by atoms with Gasteiger partial charge in [0.1, 0.15) is 11.9 Å². The van der Waals surface area contributed by atoms with Crippen LogP contribution in [-0.2, 0) is 0 Å². The van der Waals surface area contributed by atoms with Crippen molar-refractivity contribution >= 4 is 51.4 Å². The first kappa shape index (κ1) is 22.6. The fourth-order valence-electron chi connectivity index (χ4n) is 3.23. The van der Waals surface area contributed by atoms with Crippen LogP contribution in [-0.4, -0.2) is 36.4 Å². The summed E-state index contributed by atoms with van der Waals surface area (Å²) in [5.41, 5.74) is 2.05. The number of fused-ring (bicyclic) bond motifs is 1. The molecule has 2 heterocycles. The Morgan fingerprint density at radius 2 is 1.96 bits per heavy atom. The van der Waals surface area contributed by atoms with Crippen LogP contribution < -0.4 is 10.6 Å². The number of guanidine groups is 1. The highest BCUT2D eigenvalue weighted by molar-refractivity contribution is 14.0. The number of aliphatic imine (C=N–C) groups is 1. The summed E-state index contributed by atoms with van der Waals surface area (Å²) in [5, 5.41) is 22.2. The second-order valence-corrected chi connectivity index (χ2v) is 7.79. The third-order valence-electron chi connectivity index (χ3n) is 4.62. The zero-order valence-electron chi connectivity index (χ0n) is 16.5. The molecule has 0 radical (unpaired) electrons. The maximum Gasteiger partial charge on any atom is 0.191 e. The van der Waals surface area contributed by atoms with Gasteiger partial charge in [0.15, 0.2) is 5.96 Å². The summed E-state index contributed by atoms with van der Waals surface area (Å²) in [6.45, 7) is 7.10. The summed E-state index contributed by atoms with van der Waals surface area (Å²) < 4.78 is 6.43. The monoisotopic (exact) mass is 514 g/mol. The van der Waals surface area contributed by atoms with Crippen LogP contribution in [0.25, 0.3) is 10.1 Å². The Morgan fingerprint density at radius 1 is 1.25 bits per heavy atom. The van der Waals surface area contributed by atoms with Gasteiger partial charge in [-0.2, -0.15) is 0 Å². The van der Waals surface area contributed by atoms with Gasteiger partial charge in [0.25, 0.3) is 0 Å². The topological polar surface area (TPSA) is 82.7 Å². The highest BCUT2D eigenvalue weighted by atomic mass is 127. The summed E-state index contributed by atoms with van der Waals surface area (Å²) in [5.74, 6) is 1.75. The number of benzene rings is 1. The van der Waals surface area contributed by atoms with Gasteiger partial charge in [-0.05, 0) is 31.4 Å². The van der Waals surface area contributed by atoms with Crippen molar-refractivity contribution in [3.63, 3.8) is 0 Å². The van der Waals surface area contributed by atoms with Crippen LogP contribution in [0.2, 0.25) is 0 Å². The number of aryl methyl sites for hydroxylation is 2. The molecule has 6 nitrogen and oxygen atoms in total. The molecule has 0 saturated carbocycles. The molecule has 3 N–H and O–H groups in total. The molecule has 0 bridgehead atoms. The number of aliphatic hydroxyl groups excluding tert-OH is 1. The van der Waals surface area contributed by atoms with Gasteiger partial charge in [-0.1, -0.05) is 30.3 Å². The second-order valence-electron chi connectivity index (χ2n) is 6.68. The van der Waals surface area contributed by atoms with Crippen molar-refractivity contribution in [2.45, 2.75) is 32.8 Å². The Labute approximate surface area is 186 Å². The zero-order chi connectivity index (χ0) is 19.4. The normalized spacial score (nSPS) is 13.8. The molecular weight excluding hydrogens is 487 g/mol. The van der Waals surface area contributed by atoms with E-state index in [1.54, 1.807) is 18.4 Å². The van der Waals surface area contributed by atoms with Gasteiger partial charge in [0.05, 0.1) is 5.69 Å². The van der Waals surface area contributed by atoms with Crippen LogP contribution in [0, 0.1) is 13.8 Å². The van der Waals surface area contributed by atoms with Gasteiger partial charge in [0, 0.05) is 41.2 Å². The molecule has 28 heavy (non-hydrogen) atoms. The third-order valence-corrected chi connectivity index (χ3v) is 5.83. The summed E-state index contributed by atoms with van der Waals surface area (Å²) in [6.07, 6.45) is -0.582. The molecule has 152 valence electrons. The van der Waals surface area contributed by atoms with Crippen molar-refractivity contribution in [1.29, 1.82) is 0 Å². The number of aromatic nitrogens is 1. The van der Waals surface area contributed by atoms with E-state index in [1.165, 1.54) is 4.70 Å². The Morgan fingerprint density at radius 3 is 2.61 bits per heavy atom. The van der Waals surface area contributed by atoms with E-state index in [-0.39, 0.29) is 29.9 Å². The highest BCUT2D eigenvalue weighted by Crippen LogP contribution is 2.29. The molecular formula is C20H27IN4O2S. The van der Waals surface area contributed by atoms with Gasteiger partial charge in [-0.15, -0.1) is 35.3 Å². The predicted octanol–water partition coefficient (Wildman–Crippen LogP) is 4.13. The number of thiophene rings is 1. The number of aliphatic hydroxyl groups is 1. The van der Waals surface area contributed by atoms with Gasteiger partial charge >= 0.3 is 0 Å². The summed E-state index contributed by atoms with van der Waals surface area (Å²) in [7, 11) is 1.72. The number of nitrogens with zero attached hydrogens (tertiary/aromatic N) is 2. The molecule has 0 aliphatic heterocycles. The lowest BCUT2D eigenvalue weighted by molar-refractivity contribution is 0.184. The van der Waals surface area contributed by atoms with Crippen molar-refractivity contribution in [1.82, 2.24) is 15.8 Å². The molecule has 0 aliphatic carbocycles. The van der Waals surface area contributed by atoms with Crippen LogP contribution in [0.15, 0.2) is 39.8 Å². The smallest absolute Gasteiger partial charge is 0.191 e. The summed E-state index contributed by atoms with van der Waals surface area (Å²) in [6, 6.07) is 10.2. The standard InChI is InChI=1S/C20H26N4O2S.HI/c1-12(19-13(2)24-26-14(19)3)10-22-20(21-4)23-11-16(25)18-9-15-7-5-6-8-17(15)27-18;/h5-9,12,16,25H,10-11H2,1-4H3,(H2,21,22,23);1H. The van der Waals surface area contributed by atoms with Crippen molar-refractivity contribution in [3.8, 4) is 0 Å². The van der Waals surface area contributed by atoms with Gasteiger partial charge in [-0.25, -0.2) is 0 Å². The minimum absolute atomic E-state index is 0. The summed E-state index contributed by atoms with van der Waals surface area (Å²) in [4.78, 5) is 5.19. The Kier molecular flexibility index (Phi) is 8.26. The lowest BCUT2D eigenvalue weighted by atomic mass is 10.00. The van der Waals surface area contributed by atoms with E-state index in [0.29, 0.717) is 19.0 Å². The van der Waals surface area contributed by atoms with E-state index in [9.17, 15) is 5.11 Å². The first-order chi connectivity index (χ1) is 13.0. The van der Waals surface area contributed by atoms with Crippen LogP contribution in [0.3, 0.4) is 0 Å². The minimum Gasteiger partial charge on any atom is -0.386 e. The fourth-order valence-corrected chi connectivity index (χ4v) is 4.28. The van der Waals surface area contributed by atoms with Crippen molar-refractivity contribution in [2.75, 3.05) is 20.1 Å². The first-order valence-electron chi connectivity index (χ1n) is 9.03. The van der Waals surface area contributed by atoms with Crippen molar-refractivity contribution in [3.05, 3.63) is 52.2 Å². The first-order valence-corrected chi connectivity index (χ1v) is 9.85. The lowest BCUT2D eigenvalue weighted by Crippen LogP contribution is -2.40. The van der Waals surface area contributed by atoms with E-state index in [2.05, 4.69) is 39.8 Å². The van der Waals surface area contributed by atoms with E-state index in [4.69, 9.17) is 4.52 Å². The van der Waals surface area contributed by atoms with E-state index >= 15 is 0 Å². The average molecular weight is 514 g/mol. The van der Waals surface area contributed by atoms with Gasteiger partial charge in [-0.3, -0.25) is 4.99 Å². The van der Waals surface area contributed by atoms with Gasteiger partial charge in [0.2, 0.25) is 0 Å². The Bertz CT molecular complexity index is 885. The molecule has 0 fully saturated rings. The maximum absolute atomic E-state index is 10.5. The third kappa shape index (κ3) is 5.24. The minimum atomic E-state index is -0.582. The SMILES string of the molecule is CN=C(NCC(C)c1c(C)noc1C)NCC(O)c1cc2ccccc2s1.I. The number of halogens is 1. The van der Waals surface area contributed by atoms with Crippen LogP contribution >= 0.6 is 35.3 Å². The molecule has 0 amide bonds. The Hall–Kier alpha value is -1.65.